The van der Waals surface area contributed by atoms with Crippen molar-refractivity contribution in [2.45, 2.75) is 31.1 Å². The van der Waals surface area contributed by atoms with Crippen molar-refractivity contribution < 1.29 is 18.3 Å². The van der Waals surface area contributed by atoms with E-state index in [4.69, 9.17) is 4.74 Å². The lowest BCUT2D eigenvalue weighted by Gasteiger charge is -2.41. The minimum atomic E-state index is -3.70. The third-order valence-corrected chi connectivity index (χ3v) is 7.19. The first kappa shape index (κ1) is 19.9. The van der Waals surface area contributed by atoms with Crippen LogP contribution in [0.3, 0.4) is 0 Å². The minimum Gasteiger partial charge on any atom is -0.495 e. The highest BCUT2D eigenvalue weighted by Crippen LogP contribution is 2.37. The van der Waals surface area contributed by atoms with Crippen LogP contribution in [0.2, 0.25) is 0 Å². The summed E-state index contributed by atoms with van der Waals surface area (Å²) in [6, 6.07) is 15.1. The van der Waals surface area contributed by atoms with Crippen LogP contribution in [0.5, 0.6) is 5.75 Å². The van der Waals surface area contributed by atoms with Gasteiger partial charge in [0.05, 0.1) is 13.7 Å². The standard InChI is InChI=1S/C21H27NO4S/c1-17-9-10-19(26-2)20(13-17)27(24,25)22-12-6-11-21(15-22,16-23)14-18-7-4-3-5-8-18/h3-5,7-10,13,23H,6,11-12,14-16H2,1-2H3/t21-/m1/s1. The van der Waals surface area contributed by atoms with E-state index in [1.165, 1.54) is 11.4 Å². The molecule has 146 valence electrons. The van der Waals surface area contributed by atoms with Crippen molar-refractivity contribution in [2.24, 2.45) is 5.41 Å². The number of aliphatic hydroxyl groups excluding tert-OH is 1. The van der Waals surface area contributed by atoms with Gasteiger partial charge in [-0.3, -0.25) is 0 Å². The van der Waals surface area contributed by atoms with E-state index < -0.39 is 15.4 Å². The number of aryl methyl sites for hydroxylation is 1. The Morgan fingerprint density at radius 3 is 2.59 bits per heavy atom. The minimum absolute atomic E-state index is 0.0428. The molecule has 1 N–H and O–H groups in total. The first-order valence-corrected chi connectivity index (χ1v) is 10.6. The SMILES string of the molecule is COc1ccc(C)cc1S(=O)(=O)N1CCC[C@@](CO)(Cc2ccccc2)C1. The van der Waals surface area contributed by atoms with Crippen molar-refractivity contribution in [1.82, 2.24) is 4.31 Å². The molecular weight excluding hydrogens is 362 g/mol. The van der Waals surface area contributed by atoms with Gasteiger partial charge in [0.1, 0.15) is 10.6 Å². The lowest BCUT2D eigenvalue weighted by molar-refractivity contribution is 0.0644. The molecule has 0 aromatic heterocycles. The van der Waals surface area contributed by atoms with Crippen LogP contribution in [-0.2, 0) is 16.4 Å². The van der Waals surface area contributed by atoms with Gasteiger partial charge >= 0.3 is 0 Å². The number of hydrogen-bond donors (Lipinski definition) is 1. The van der Waals surface area contributed by atoms with Gasteiger partial charge in [-0.1, -0.05) is 36.4 Å². The van der Waals surface area contributed by atoms with Gasteiger partial charge in [0, 0.05) is 18.5 Å². The molecule has 5 nitrogen and oxygen atoms in total. The molecule has 0 saturated carbocycles. The maximum absolute atomic E-state index is 13.3. The highest BCUT2D eigenvalue weighted by Gasteiger charge is 2.40. The van der Waals surface area contributed by atoms with Crippen LogP contribution < -0.4 is 4.74 Å². The van der Waals surface area contributed by atoms with Crippen molar-refractivity contribution >= 4 is 10.0 Å². The summed E-state index contributed by atoms with van der Waals surface area (Å²) in [5.74, 6) is 0.351. The second kappa shape index (κ2) is 8.00. The lowest BCUT2D eigenvalue weighted by Crippen LogP contribution is -2.48. The van der Waals surface area contributed by atoms with E-state index in [0.717, 1.165) is 24.0 Å². The van der Waals surface area contributed by atoms with E-state index in [0.29, 0.717) is 25.3 Å². The van der Waals surface area contributed by atoms with Gasteiger partial charge in [-0.2, -0.15) is 4.31 Å². The molecule has 0 bridgehead atoms. The summed E-state index contributed by atoms with van der Waals surface area (Å²) in [6.45, 7) is 2.58. The Balaban J connectivity index is 1.91. The number of hydrogen-bond acceptors (Lipinski definition) is 4. The molecular formula is C21H27NO4S. The summed E-state index contributed by atoms with van der Waals surface area (Å²) >= 11 is 0. The van der Waals surface area contributed by atoms with E-state index in [2.05, 4.69) is 0 Å². The zero-order valence-electron chi connectivity index (χ0n) is 15.9. The average molecular weight is 390 g/mol. The van der Waals surface area contributed by atoms with Crippen molar-refractivity contribution in [3.63, 3.8) is 0 Å². The normalized spacial score (nSPS) is 21.1. The monoisotopic (exact) mass is 389 g/mol. The fourth-order valence-electron chi connectivity index (χ4n) is 3.85. The number of rotatable bonds is 6. The Morgan fingerprint density at radius 1 is 1.19 bits per heavy atom. The molecule has 1 aliphatic rings. The van der Waals surface area contributed by atoms with Crippen LogP contribution in [0.4, 0.5) is 0 Å². The quantitative estimate of drug-likeness (QED) is 0.825. The van der Waals surface area contributed by atoms with E-state index in [-0.39, 0.29) is 11.5 Å². The Hall–Kier alpha value is -1.89. The predicted molar refractivity (Wildman–Crippen MR) is 105 cm³/mol. The molecule has 0 unspecified atom stereocenters. The van der Waals surface area contributed by atoms with E-state index in [1.807, 2.05) is 43.3 Å². The van der Waals surface area contributed by atoms with Crippen molar-refractivity contribution in [3.05, 3.63) is 59.7 Å². The van der Waals surface area contributed by atoms with Crippen LogP contribution >= 0.6 is 0 Å². The Labute approximate surface area is 161 Å². The highest BCUT2D eigenvalue weighted by atomic mass is 32.2. The number of nitrogens with zero attached hydrogens (tertiary/aromatic N) is 1. The van der Waals surface area contributed by atoms with Crippen LogP contribution in [0, 0.1) is 12.3 Å². The molecule has 27 heavy (non-hydrogen) atoms. The summed E-state index contributed by atoms with van der Waals surface area (Å²) < 4.78 is 33.5. The summed E-state index contributed by atoms with van der Waals surface area (Å²) in [5.41, 5.74) is 1.51. The van der Waals surface area contributed by atoms with Gasteiger partial charge in [0.15, 0.2) is 0 Å². The number of ether oxygens (including phenoxy) is 1. The molecule has 2 aromatic rings. The molecule has 1 atom stereocenters. The zero-order valence-corrected chi connectivity index (χ0v) is 16.7. The maximum Gasteiger partial charge on any atom is 0.246 e. The molecule has 0 amide bonds. The molecule has 1 saturated heterocycles. The van der Waals surface area contributed by atoms with E-state index in [1.54, 1.807) is 12.1 Å². The van der Waals surface area contributed by atoms with Gasteiger partial charge in [-0.05, 0) is 49.4 Å². The van der Waals surface area contributed by atoms with E-state index >= 15 is 0 Å². The van der Waals surface area contributed by atoms with Crippen molar-refractivity contribution in [3.8, 4) is 5.75 Å². The summed E-state index contributed by atoms with van der Waals surface area (Å²) in [7, 11) is -2.22. The average Bonchev–Trinajstić information content (AvgIpc) is 2.69. The van der Waals surface area contributed by atoms with Crippen LogP contribution in [0.1, 0.15) is 24.0 Å². The Bertz CT molecular complexity index is 882. The second-order valence-electron chi connectivity index (χ2n) is 7.42. The molecule has 0 spiro atoms. The van der Waals surface area contributed by atoms with Crippen molar-refractivity contribution in [2.75, 3.05) is 26.8 Å². The van der Waals surface area contributed by atoms with Crippen LogP contribution in [0.15, 0.2) is 53.4 Å². The number of piperidine rings is 1. The third-order valence-electron chi connectivity index (χ3n) is 5.32. The molecule has 3 rings (SSSR count). The molecule has 1 heterocycles. The molecule has 1 fully saturated rings. The van der Waals surface area contributed by atoms with Gasteiger partial charge in [-0.25, -0.2) is 8.42 Å². The van der Waals surface area contributed by atoms with Gasteiger partial charge in [0.2, 0.25) is 10.0 Å². The van der Waals surface area contributed by atoms with Gasteiger partial charge in [-0.15, -0.1) is 0 Å². The smallest absolute Gasteiger partial charge is 0.246 e. The van der Waals surface area contributed by atoms with E-state index in [9.17, 15) is 13.5 Å². The summed E-state index contributed by atoms with van der Waals surface area (Å²) in [5, 5.41) is 10.2. The van der Waals surface area contributed by atoms with Crippen LogP contribution in [0.25, 0.3) is 0 Å². The number of methoxy groups -OCH3 is 1. The lowest BCUT2D eigenvalue weighted by atomic mass is 9.76. The topological polar surface area (TPSA) is 66.8 Å². The fraction of sp³-hybridized carbons (Fsp3) is 0.429. The largest absolute Gasteiger partial charge is 0.495 e. The second-order valence-corrected chi connectivity index (χ2v) is 9.32. The number of aliphatic hydroxyl groups is 1. The fourth-order valence-corrected chi connectivity index (χ4v) is 5.68. The molecule has 2 aromatic carbocycles. The van der Waals surface area contributed by atoms with Crippen molar-refractivity contribution in [1.29, 1.82) is 0 Å². The molecule has 0 aliphatic carbocycles. The number of benzene rings is 2. The first-order chi connectivity index (χ1) is 12.9. The molecule has 1 aliphatic heterocycles. The Morgan fingerprint density at radius 2 is 1.93 bits per heavy atom. The molecule has 0 radical (unpaired) electrons. The van der Waals surface area contributed by atoms with Gasteiger partial charge < -0.3 is 9.84 Å². The predicted octanol–water partition coefficient (Wildman–Crippen LogP) is 3.01. The van der Waals surface area contributed by atoms with Gasteiger partial charge in [0.25, 0.3) is 0 Å². The molecule has 6 heteroatoms. The third kappa shape index (κ3) is 4.18. The van der Waals surface area contributed by atoms with Crippen LogP contribution in [-0.4, -0.2) is 44.6 Å². The zero-order chi connectivity index (χ0) is 19.5. The first-order valence-electron chi connectivity index (χ1n) is 9.20. The highest BCUT2D eigenvalue weighted by molar-refractivity contribution is 7.89. The summed E-state index contributed by atoms with van der Waals surface area (Å²) in [6.07, 6.45) is 2.18. The Kier molecular flexibility index (Phi) is 5.89. The number of sulfonamides is 1. The maximum atomic E-state index is 13.3. The summed E-state index contributed by atoms with van der Waals surface area (Å²) in [4.78, 5) is 0.193.